The number of hydrogen-bond donors (Lipinski definition) is 1. The molecule has 28 heavy (non-hydrogen) atoms. The van der Waals surface area contributed by atoms with Gasteiger partial charge in [-0.15, -0.1) is 0 Å². The highest BCUT2D eigenvalue weighted by molar-refractivity contribution is 5.36. The molecule has 152 valence electrons. The van der Waals surface area contributed by atoms with E-state index in [1.165, 1.54) is 17.7 Å². The molecule has 1 fully saturated rings. The van der Waals surface area contributed by atoms with E-state index < -0.39 is 5.82 Å². The van der Waals surface area contributed by atoms with Crippen LogP contribution in [0.25, 0.3) is 0 Å². The van der Waals surface area contributed by atoms with Gasteiger partial charge in [0.2, 0.25) is 0 Å². The van der Waals surface area contributed by atoms with Crippen molar-refractivity contribution in [1.29, 1.82) is 0 Å². The van der Waals surface area contributed by atoms with Crippen molar-refractivity contribution in [3.8, 4) is 5.75 Å². The van der Waals surface area contributed by atoms with E-state index in [1.54, 1.807) is 7.11 Å². The van der Waals surface area contributed by atoms with Crippen LogP contribution >= 0.6 is 0 Å². The minimum absolute atomic E-state index is 0.102. The molecule has 2 aromatic rings. The summed E-state index contributed by atoms with van der Waals surface area (Å²) in [5, 5.41) is 9.50. The van der Waals surface area contributed by atoms with Crippen LogP contribution in [0.5, 0.6) is 5.75 Å². The van der Waals surface area contributed by atoms with Gasteiger partial charge in [-0.05, 0) is 48.7 Å². The van der Waals surface area contributed by atoms with Gasteiger partial charge in [0.1, 0.15) is 17.4 Å². The third-order valence-corrected chi connectivity index (χ3v) is 5.40. The Hall–Kier alpha value is -2.02. The van der Waals surface area contributed by atoms with Crippen molar-refractivity contribution in [2.24, 2.45) is 0 Å². The van der Waals surface area contributed by atoms with Crippen LogP contribution in [0, 0.1) is 18.6 Å². The number of hydrogen-bond acceptors (Lipinski definition) is 4. The topological polar surface area (TPSA) is 35.9 Å². The lowest BCUT2D eigenvalue weighted by Gasteiger charge is -2.41. The molecule has 0 spiro atoms. The molecule has 4 nitrogen and oxygen atoms in total. The van der Waals surface area contributed by atoms with E-state index in [9.17, 15) is 13.9 Å². The van der Waals surface area contributed by atoms with Gasteiger partial charge in [0.25, 0.3) is 0 Å². The van der Waals surface area contributed by atoms with E-state index in [0.717, 1.165) is 37.0 Å². The minimum atomic E-state index is -0.420. The fraction of sp³-hybridized carbons (Fsp3) is 0.455. The highest BCUT2D eigenvalue weighted by atomic mass is 19.1. The van der Waals surface area contributed by atoms with Crippen LogP contribution in [0.3, 0.4) is 0 Å². The summed E-state index contributed by atoms with van der Waals surface area (Å²) in [6.07, 6.45) is 0.650. The molecule has 1 atom stereocenters. The third kappa shape index (κ3) is 5.07. The van der Waals surface area contributed by atoms with E-state index >= 15 is 0 Å². The molecule has 0 bridgehead atoms. The van der Waals surface area contributed by atoms with Gasteiger partial charge in [0.15, 0.2) is 0 Å². The molecule has 0 amide bonds. The van der Waals surface area contributed by atoms with Crippen LogP contribution in [-0.2, 0) is 13.1 Å². The molecule has 1 N–H and O–H groups in total. The summed E-state index contributed by atoms with van der Waals surface area (Å²) in [6.45, 7) is 5.59. The minimum Gasteiger partial charge on any atom is -0.496 e. The molecule has 3 rings (SSSR count). The summed E-state index contributed by atoms with van der Waals surface area (Å²) in [5.74, 6) is 0.0747. The van der Waals surface area contributed by atoms with E-state index in [0.29, 0.717) is 25.1 Å². The van der Waals surface area contributed by atoms with E-state index in [-0.39, 0.29) is 18.5 Å². The molecule has 0 saturated carbocycles. The number of aliphatic hydroxyl groups excluding tert-OH is 1. The third-order valence-electron chi connectivity index (χ3n) is 5.40. The van der Waals surface area contributed by atoms with Crippen LogP contribution in [0.15, 0.2) is 36.4 Å². The van der Waals surface area contributed by atoms with Crippen molar-refractivity contribution in [2.75, 3.05) is 33.4 Å². The molecule has 1 saturated heterocycles. The van der Waals surface area contributed by atoms with Gasteiger partial charge in [0.05, 0.1) is 7.11 Å². The summed E-state index contributed by atoms with van der Waals surface area (Å²) in [5.41, 5.74) is 2.67. The number of ether oxygens (including phenoxy) is 1. The second-order valence-corrected chi connectivity index (χ2v) is 7.41. The number of aryl methyl sites for hydroxylation is 1. The van der Waals surface area contributed by atoms with Gasteiger partial charge in [-0.1, -0.05) is 12.1 Å². The monoisotopic (exact) mass is 390 g/mol. The first-order chi connectivity index (χ1) is 13.5. The Kier molecular flexibility index (Phi) is 6.99. The quantitative estimate of drug-likeness (QED) is 0.787. The summed E-state index contributed by atoms with van der Waals surface area (Å²) < 4.78 is 32.8. The number of methoxy groups -OCH3 is 1. The van der Waals surface area contributed by atoms with Gasteiger partial charge in [-0.2, -0.15) is 0 Å². The van der Waals surface area contributed by atoms with Gasteiger partial charge < -0.3 is 9.84 Å². The number of piperazine rings is 1. The molecule has 0 unspecified atom stereocenters. The van der Waals surface area contributed by atoms with Crippen LogP contribution in [0.4, 0.5) is 8.78 Å². The molecule has 1 aliphatic heterocycles. The van der Waals surface area contributed by atoms with Crippen molar-refractivity contribution >= 4 is 0 Å². The molecule has 0 radical (unpaired) electrons. The molecular formula is C22H28F2N2O2. The average Bonchev–Trinajstić information content (AvgIpc) is 2.67. The highest BCUT2D eigenvalue weighted by Gasteiger charge is 2.27. The molecule has 0 aromatic heterocycles. The molecule has 2 aromatic carbocycles. The molecule has 1 heterocycles. The zero-order chi connectivity index (χ0) is 20.1. The Morgan fingerprint density at radius 1 is 1.11 bits per heavy atom. The van der Waals surface area contributed by atoms with Gasteiger partial charge in [-0.25, -0.2) is 8.78 Å². The smallest absolute Gasteiger partial charge is 0.127 e. The van der Waals surface area contributed by atoms with Crippen LogP contribution in [0.2, 0.25) is 0 Å². The zero-order valence-electron chi connectivity index (χ0n) is 16.5. The maximum atomic E-state index is 14.0. The largest absolute Gasteiger partial charge is 0.496 e. The molecule has 0 aliphatic carbocycles. The number of aliphatic hydroxyl groups is 1. The highest BCUT2D eigenvalue weighted by Crippen LogP contribution is 2.23. The van der Waals surface area contributed by atoms with Crippen LogP contribution < -0.4 is 4.74 Å². The Bertz CT molecular complexity index is 800. The van der Waals surface area contributed by atoms with E-state index in [4.69, 9.17) is 4.74 Å². The summed E-state index contributed by atoms with van der Waals surface area (Å²) in [6, 6.07) is 9.93. The molecule has 6 heteroatoms. The number of nitrogens with zero attached hydrogens (tertiary/aromatic N) is 2. The number of rotatable bonds is 7. The molecular weight excluding hydrogens is 362 g/mol. The lowest BCUT2D eigenvalue weighted by atomic mass is 10.0. The van der Waals surface area contributed by atoms with Gasteiger partial charge >= 0.3 is 0 Å². The fourth-order valence-corrected chi connectivity index (χ4v) is 3.91. The fourth-order valence-electron chi connectivity index (χ4n) is 3.91. The van der Waals surface area contributed by atoms with Gasteiger partial charge in [0, 0.05) is 50.9 Å². The normalized spacial score (nSPS) is 18.4. The second kappa shape index (κ2) is 9.45. The van der Waals surface area contributed by atoms with E-state index in [1.807, 2.05) is 13.0 Å². The number of benzene rings is 2. The predicted molar refractivity (Wildman–Crippen MR) is 105 cm³/mol. The first-order valence-electron chi connectivity index (χ1n) is 9.65. The van der Waals surface area contributed by atoms with E-state index in [2.05, 4.69) is 21.9 Å². The average molecular weight is 390 g/mol. The summed E-state index contributed by atoms with van der Waals surface area (Å²) in [4.78, 5) is 4.49. The Labute approximate surface area is 165 Å². The lowest BCUT2D eigenvalue weighted by molar-refractivity contribution is 0.0494. The first kappa shape index (κ1) is 20.7. The SMILES string of the molecule is COc1ccc(CN2CCN(Cc3cc(F)ccc3F)C[C@@H]2CCO)cc1C. The zero-order valence-corrected chi connectivity index (χ0v) is 16.5. The van der Waals surface area contributed by atoms with Crippen LogP contribution in [-0.4, -0.2) is 54.3 Å². The maximum absolute atomic E-state index is 14.0. The van der Waals surface area contributed by atoms with Crippen molar-refractivity contribution in [3.63, 3.8) is 0 Å². The van der Waals surface area contributed by atoms with Crippen molar-refractivity contribution in [3.05, 3.63) is 64.7 Å². The maximum Gasteiger partial charge on any atom is 0.127 e. The lowest BCUT2D eigenvalue weighted by Crippen LogP contribution is -2.52. The Morgan fingerprint density at radius 2 is 1.93 bits per heavy atom. The number of halogens is 2. The Balaban J connectivity index is 1.67. The Morgan fingerprint density at radius 3 is 2.64 bits per heavy atom. The van der Waals surface area contributed by atoms with Gasteiger partial charge in [-0.3, -0.25) is 9.80 Å². The second-order valence-electron chi connectivity index (χ2n) is 7.41. The molecule has 1 aliphatic rings. The van der Waals surface area contributed by atoms with Crippen molar-refractivity contribution in [1.82, 2.24) is 9.80 Å². The summed E-state index contributed by atoms with van der Waals surface area (Å²) in [7, 11) is 1.67. The van der Waals surface area contributed by atoms with Crippen LogP contribution in [0.1, 0.15) is 23.1 Å². The standard InChI is InChI=1S/C22H28F2N2O2/c1-16-11-17(3-6-22(16)28-2)13-26-9-8-25(15-20(26)7-10-27)14-18-12-19(23)4-5-21(18)24/h3-6,11-12,20,27H,7-10,13-15H2,1-2H3/t20-/m0/s1. The predicted octanol–water partition coefficient (Wildman–Crippen LogP) is 3.35. The first-order valence-corrected chi connectivity index (χ1v) is 9.65. The van der Waals surface area contributed by atoms with Crippen molar-refractivity contribution in [2.45, 2.75) is 32.5 Å². The van der Waals surface area contributed by atoms with Crippen molar-refractivity contribution < 1.29 is 18.6 Å². The summed E-state index contributed by atoms with van der Waals surface area (Å²) >= 11 is 0.